The van der Waals surface area contributed by atoms with E-state index in [4.69, 9.17) is 0 Å². The predicted molar refractivity (Wildman–Crippen MR) is 150 cm³/mol. The molecule has 2 aromatic carbocycles. The summed E-state index contributed by atoms with van der Waals surface area (Å²) < 4.78 is 1.31. The average molecular weight is 465 g/mol. The van der Waals surface area contributed by atoms with Gasteiger partial charge in [0.25, 0.3) is 0 Å². The summed E-state index contributed by atoms with van der Waals surface area (Å²) in [7, 11) is 2.04. The highest BCUT2D eigenvalue weighted by Crippen LogP contribution is 2.36. The van der Waals surface area contributed by atoms with Crippen molar-refractivity contribution in [3.63, 3.8) is 0 Å². The maximum Gasteiger partial charge on any atom is 0.0909 e. The molecule has 0 aliphatic carbocycles. The quantitative estimate of drug-likeness (QED) is 0.244. The van der Waals surface area contributed by atoms with E-state index in [2.05, 4.69) is 92.0 Å². The lowest BCUT2D eigenvalue weighted by molar-refractivity contribution is 0.552. The summed E-state index contributed by atoms with van der Waals surface area (Å²) in [5.74, 6) is 0. The summed E-state index contributed by atoms with van der Waals surface area (Å²) in [5.41, 5.74) is 6.24. The maximum atomic E-state index is 4.64. The summed E-state index contributed by atoms with van der Waals surface area (Å²) in [5, 5.41) is 3.53. The summed E-state index contributed by atoms with van der Waals surface area (Å²) in [6.45, 7) is 17.9. The van der Waals surface area contributed by atoms with Crippen molar-refractivity contribution in [1.29, 1.82) is 0 Å². The number of thioether (sulfide) groups is 1. The summed E-state index contributed by atoms with van der Waals surface area (Å²) in [6.07, 6.45) is 2.85. The Morgan fingerprint density at radius 1 is 1.12 bits per heavy atom. The second kappa shape index (κ2) is 12.7. The fraction of sp³-hybridized carbons (Fsp3) is 0.321. The SMILES string of the molecule is C=C(S/C=C(\C)Cc1cc(C)c(N=CN(C)CC)cc1C)c1cc2ccccc2s1.CC. The molecule has 2 nitrogen and oxygen atoms in total. The summed E-state index contributed by atoms with van der Waals surface area (Å²) >= 11 is 3.53. The third-order valence-corrected chi connectivity index (χ3v) is 7.45. The second-order valence-corrected chi connectivity index (χ2v) is 9.76. The van der Waals surface area contributed by atoms with Crippen molar-refractivity contribution in [2.24, 2.45) is 4.99 Å². The number of aliphatic imine (C=N–C) groups is 1. The number of nitrogens with zero attached hydrogens (tertiary/aromatic N) is 2. The predicted octanol–water partition coefficient (Wildman–Crippen LogP) is 9.01. The molecule has 170 valence electrons. The lowest BCUT2D eigenvalue weighted by Gasteiger charge is -2.12. The highest BCUT2D eigenvalue weighted by molar-refractivity contribution is 8.11. The fourth-order valence-electron chi connectivity index (χ4n) is 3.12. The molecule has 0 spiro atoms. The highest BCUT2D eigenvalue weighted by Gasteiger charge is 2.07. The van der Waals surface area contributed by atoms with Crippen molar-refractivity contribution < 1.29 is 0 Å². The van der Waals surface area contributed by atoms with E-state index in [0.29, 0.717) is 0 Å². The van der Waals surface area contributed by atoms with E-state index in [1.807, 2.05) is 38.6 Å². The van der Waals surface area contributed by atoms with Crippen LogP contribution in [0.4, 0.5) is 5.69 Å². The first-order chi connectivity index (χ1) is 15.4. The van der Waals surface area contributed by atoms with Crippen LogP contribution in [0.5, 0.6) is 0 Å². The van der Waals surface area contributed by atoms with Gasteiger partial charge in [-0.25, -0.2) is 4.99 Å². The minimum absolute atomic E-state index is 0.943. The van der Waals surface area contributed by atoms with Crippen LogP contribution in [0, 0.1) is 13.8 Å². The van der Waals surface area contributed by atoms with Crippen molar-refractivity contribution >= 4 is 50.1 Å². The molecule has 32 heavy (non-hydrogen) atoms. The van der Waals surface area contributed by atoms with Gasteiger partial charge in [0.1, 0.15) is 0 Å². The molecule has 0 radical (unpaired) electrons. The minimum atomic E-state index is 0.943. The zero-order valence-corrected chi connectivity index (χ0v) is 22.2. The van der Waals surface area contributed by atoms with Crippen molar-refractivity contribution in [2.45, 2.75) is 48.0 Å². The van der Waals surface area contributed by atoms with Crippen LogP contribution in [0.2, 0.25) is 0 Å². The Kier molecular flexibility index (Phi) is 10.3. The third-order valence-electron chi connectivity index (χ3n) is 5.12. The van der Waals surface area contributed by atoms with E-state index in [1.54, 1.807) is 11.8 Å². The molecule has 0 fully saturated rings. The van der Waals surface area contributed by atoms with Crippen molar-refractivity contribution in [2.75, 3.05) is 13.6 Å². The Morgan fingerprint density at radius 3 is 2.53 bits per heavy atom. The average Bonchev–Trinajstić information content (AvgIpc) is 3.24. The molecule has 3 aromatic rings. The van der Waals surface area contributed by atoms with Gasteiger partial charge < -0.3 is 4.90 Å². The molecule has 1 heterocycles. The molecule has 4 heteroatoms. The van der Waals surface area contributed by atoms with E-state index in [1.165, 1.54) is 37.2 Å². The van der Waals surface area contributed by atoms with Crippen molar-refractivity contribution in [1.82, 2.24) is 4.90 Å². The Labute approximate surface area is 202 Å². The number of fused-ring (bicyclic) bond motifs is 1. The molecule has 0 bridgehead atoms. The van der Waals surface area contributed by atoms with Gasteiger partial charge in [0, 0.05) is 28.1 Å². The first-order valence-corrected chi connectivity index (χ1v) is 12.9. The molecule has 0 saturated heterocycles. The first kappa shape index (κ1) is 26.0. The second-order valence-electron chi connectivity index (χ2n) is 7.71. The van der Waals surface area contributed by atoms with Gasteiger partial charge in [0.15, 0.2) is 0 Å². The molecule has 0 N–H and O–H groups in total. The minimum Gasteiger partial charge on any atom is -0.366 e. The van der Waals surface area contributed by atoms with Gasteiger partial charge in [-0.1, -0.05) is 62.0 Å². The highest BCUT2D eigenvalue weighted by atomic mass is 32.2. The Morgan fingerprint density at radius 2 is 1.84 bits per heavy atom. The van der Waals surface area contributed by atoms with Gasteiger partial charge in [0.2, 0.25) is 0 Å². The molecular formula is C28H36N2S2. The van der Waals surface area contributed by atoms with Crippen LogP contribution in [0.25, 0.3) is 15.0 Å². The molecular weight excluding hydrogens is 428 g/mol. The number of benzene rings is 2. The van der Waals surface area contributed by atoms with Gasteiger partial charge >= 0.3 is 0 Å². The normalized spacial score (nSPS) is 11.5. The van der Waals surface area contributed by atoms with Crippen LogP contribution in [0.1, 0.15) is 49.3 Å². The lowest BCUT2D eigenvalue weighted by atomic mass is 9.99. The Bertz CT molecular complexity index is 1070. The first-order valence-electron chi connectivity index (χ1n) is 11.2. The molecule has 0 atom stereocenters. The monoisotopic (exact) mass is 464 g/mol. The maximum absolute atomic E-state index is 4.64. The fourth-order valence-corrected chi connectivity index (χ4v) is 4.92. The largest absolute Gasteiger partial charge is 0.366 e. The van der Waals surface area contributed by atoms with Gasteiger partial charge in [0.05, 0.1) is 12.0 Å². The van der Waals surface area contributed by atoms with Crippen LogP contribution < -0.4 is 0 Å². The zero-order valence-electron chi connectivity index (χ0n) is 20.5. The van der Waals surface area contributed by atoms with E-state index in [9.17, 15) is 0 Å². The van der Waals surface area contributed by atoms with Crippen LogP contribution in [-0.2, 0) is 6.42 Å². The molecule has 0 aliphatic rings. The number of rotatable bonds is 8. The number of allylic oxidation sites excluding steroid dienone is 1. The van der Waals surface area contributed by atoms with E-state index in [-0.39, 0.29) is 0 Å². The van der Waals surface area contributed by atoms with E-state index in [0.717, 1.165) is 23.6 Å². The van der Waals surface area contributed by atoms with Crippen LogP contribution in [0.3, 0.4) is 0 Å². The molecule has 0 unspecified atom stereocenters. The van der Waals surface area contributed by atoms with Crippen molar-refractivity contribution in [3.05, 3.63) is 81.6 Å². The third kappa shape index (κ3) is 7.11. The van der Waals surface area contributed by atoms with Crippen LogP contribution in [-0.4, -0.2) is 24.8 Å². The van der Waals surface area contributed by atoms with Gasteiger partial charge in [-0.15, -0.1) is 11.3 Å². The molecule has 0 saturated carbocycles. The topological polar surface area (TPSA) is 15.6 Å². The van der Waals surface area contributed by atoms with Gasteiger partial charge in [-0.05, 0) is 79.8 Å². The smallest absolute Gasteiger partial charge is 0.0909 e. The molecule has 0 amide bonds. The van der Waals surface area contributed by atoms with Gasteiger partial charge in [-0.3, -0.25) is 0 Å². The number of aryl methyl sites for hydroxylation is 2. The number of thiophene rings is 1. The van der Waals surface area contributed by atoms with Gasteiger partial charge in [-0.2, -0.15) is 0 Å². The standard InChI is InChI=1S/C26H30N2S2.C2H6/c1-7-28(6)17-27-24-14-19(3)23(13-20(24)4)12-18(2)16-29-21(5)26-15-22-10-8-9-11-25(22)30-26;1-2/h8-11,13-17H,5,7,12H2,1-4,6H3;1-2H3/b18-16+,27-17?;. The van der Waals surface area contributed by atoms with E-state index < -0.39 is 0 Å². The summed E-state index contributed by atoms with van der Waals surface area (Å²) in [4.78, 5) is 9.07. The van der Waals surface area contributed by atoms with Crippen LogP contribution in [0.15, 0.2) is 65.0 Å². The molecule has 3 rings (SSSR count). The molecule has 1 aromatic heterocycles. The number of hydrogen-bond donors (Lipinski definition) is 0. The lowest BCUT2D eigenvalue weighted by Crippen LogP contribution is -2.14. The number of hydrogen-bond acceptors (Lipinski definition) is 3. The van der Waals surface area contributed by atoms with E-state index >= 15 is 0 Å². The van der Waals surface area contributed by atoms with Crippen LogP contribution >= 0.6 is 23.1 Å². The summed E-state index contributed by atoms with van der Waals surface area (Å²) in [6, 6.07) is 15.2. The Balaban J connectivity index is 0.00000176. The van der Waals surface area contributed by atoms with Crippen molar-refractivity contribution in [3.8, 4) is 0 Å². The Hall–Kier alpha value is -2.30. The zero-order chi connectivity index (χ0) is 23.7. The molecule has 0 aliphatic heterocycles.